The number of hydrogen-bond acceptors (Lipinski definition) is 6. The fourth-order valence-electron chi connectivity index (χ4n) is 2.89. The zero-order valence-corrected chi connectivity index (χ0v) is 14.3. The Bertz CT molecular complexity index is 708. The van der Waals surface area contributed by atoms with Gasteiger partial charge in [0.2, 0.25) is 11.8 Å². The van der Waals surface area contributed by atoms with Gasteiger partial charge in [0.15, 0.2) is 0 Å². The first-order valence-electron chi connectivity index (χ1n) is 8.08. The molecule has 0 saturated carbocycles. The molecule has 0 spiro atoms. The third kappa shape index (κ3) is 4.21. The number of rotatable bonds is 5. The lowest BCUT2D eigenvalue weighted by atomic mass is 10.2. The minimum Gasteiger partial charge on any atom is -0.374 e. The summed E-state index contributed by atoms with van der Waals surface area (Å²) in [6, 6.07) is 3.75. The van der Waals surface area contributed by atoms with E-state index in [0.29, 0.717) is 32.1 Å². The number of carbonyl (C=O) groups excluding carboxylic acids is 1. The standard InChI is InChI=1S/C16H23N5O3/c1-11-6-13(3)21(18-11)9-14-8-20(4-5-23-14)10-15(22)17-16-7-12(2)19-24-16/h6-7,14H,4-5,8-10H2,1-3H3,(H,17,22)/t14-/m0/s1. The van der Waals surface area contributed by atoms with Crippen molar-refractivity contribution >= 4 is 11.8 Å². The molecule has 0 aliphatic carbocycles. The van der Waals surface area contributed by atoms with Gasteiger partial charge in [-0.2, -0.15) is 5.10 Å². The van der Waals surface area contributed by atoms with Crippen molar-refractivity contribution in [2.45, 2.75) is 33.4 Å². The maximum atomic E-state index is 12.1. The van der Waals surface area contributed by atoms with Gasteiger partial charge in [-0.05, 0) is 26.8 Å². The van der Waals surface area contributed by atoms with Crippen LogP contribution in [0.1, 0.15) is 17.1 Å². The van der Waals surface area contributed by atoms with E-state index in [1.54, 1.807) is 6.07 Å². The van der Waals surface area contributed by atoms with Crippen LogP contribution in [0.4, 0.5) is 5.88 Å². The van der Waals surface area contributed by atoms with E-state index in [0.717, 1.165) is 23.6 Å². The Morgan fingerprint density at radius 2 is 2.17 bits per heavy atom. The minimum atomic E-state index is -0.113. The van der Waals surface area contributed by atoms with Gasteiger partial charge in [-0.1, -0.05) is 5.16 Å². The van der Waals surface area contributed by atoms with Crippen molar-refractivity contribution in [2.75, 3.05) is 31.6 Å². The van der Waals surface area contributed by atoms with Crippen molar-refractivity contribution < 1.29 is 14.1 Å². The molecule has 8 heteroatoms. The number of nitrogens with one attached hydrogen (secondary N) is 1. The average Bonchev–Trinajstić information content (AvgIpc) is 3.05. The van der Waals surface area contributed by atoms with Gasteiger partial charge in [0.1, 0.15) is 0 Å². The molecule has 130 valence electrons. The average molecular weight is 333 g/mol. The number of ether oxygens (including phenoxy) is 1. The Balaban J connectivity index is 1.51. The first-order chi connectivity index (χ1) is 11.5. The van der Waals surface area contributed by atoms with E-state index >= 15 is 0 Å². The van der Waals surface area contributed by atoms with Crippen LogP contribution in [0.3, 0.4) is 0 Å². The summed E-state index contributed by atoms with van der Waals surface area (Å²) in [5, 5.41) is 10.9. The van der Waals surface area contributed by atoms with Crippen molar-refractivity contribution in [3.8, 4) is 0 Å². The maximum Gasteiger partial charge on any atom is 0.240 e. The quantitative estimate of drug-likeness (QED) is 0.883. The summed E-state index contributed by atoms with van der Waals surface area (Å²) in [6.07, 6.45) is 0.0251. The smallest absolute Gasteiger partial charge is 0.240 e. The zero-order chi connectivity index (χ0) is 17.1. The molecule has 2 aromatic heterocycles. The molecule has 1 N–H and O–H groups in total. The van der Waals surface area contributed by atoms with Crippen molar-refractivity contribution in [2.24, 2.45) is 0 Å². The third-order valence-corrected chi connectivity index (χ3v) is 3.96. The number of nitrogens with zero attached hydrogens (tertiary/aromatic N) is 4. The van der Waals surface area contributed by atoms with Gasteiger partial charge < -0.3 is 9.26 Å². The van der Waals surface area contributed by atoms with Gasteiger partial charge >= 0.3 is 0 Å². The van der Waals surface area contributed by atoms with E-state index < -0.39 is 0 Å². The Kier molecular flexibility index (Phi) is 4.96. The van der Waals surface area contributed by atoms with E-state index in [1.165, 1.54) is 0 Å². The second-order valence-electron chi connectivity index (χ2n) is 6.22. The number of carbonyl (C=O) groups is 1. The van der Waals surface area contributed by atoms with Gasteiger partial charge in [0.25, 0.3) is 0 Å². The molecule has 2 aromatic rings. The van der Waals surface area contributed by atoms with Gasteiger partial charge in [-0.25, -0.2) is 0 Å². The highest BCUT2D eigenvalue weighted by Crippen LogP contribution is 2.11. The van der Waals surface area contributed by atoms with Crippen LogP contribution in [-0.2, 0) is 16.1 Å². The monoisotopic (exact) mass is 333 g/mol. The van der Waals surface area contributed by atoms with Crippen molar-refractivity contribution in [3.05, 3.63) is 29.2 Å². The molecule has 1 fully saturated rings. The summed E-state index contributed by atoms with van der Waals surface area (Å²) in [7, 11) is 0. The van der Waals surface area contributed by atoms with Crippen LogP contribution in [0.2, 0.25) is 0 Å². The number of aromatic nitrogens is 3. The fourth-order valence-corrected chi connectivity index (χ4v) is 2.89. The number of anilines is 1. The molecule has 0 radical (unpaired) electrons. The third-order valence-electron chi connectivity index (χ3n) is 3.96. The van der Waals surface area contributed by atoms with Crippen molar-refractivity contribution in [1.29, 1.82) is 0 Å². The highest BCUT2D eigenvalue weighted by molar-refractivity contribution is 5.90. The van der Waals surface area contributed by atoms with Crippen LogP contribution in [0, 0.1) is 20.8 Å². The summed E-state index contributed by atoms with van der Waals surface area (Å²) < 4.78 is 12.8. The molecule has 1 aliphatic rings. The summed E-state index contributed by atoms with van der Waals surface area (Å²) in [5.74, 6) is 0.267. The molecule has 1 amide bonds. The molecule has 8 nitrogen and oxygen atoms in total. The van der Waals surface area contributed by atoms with E-state index in [4.69, 9.17) is 9.26 Å². The summed E-state index contributed by atoms with van der Waals surface area (Å²) in [5.41, 5.74) is 2.86. The van der Waals surface area contributed by atoms with Crippen LogP contribution < -0.4 is 5.32 Å². The van der Waals surface area contributed by atoms with Gasteiger partial charge in [0.05, 0.1) is 37.2 Å². The molecule has 3 rings (SSSR count). The first kappa shape index (κ1) is 16.7. The fraction of sp³-hybridized carbons (Fsp3) is 0.562. The molecule has 0 aromatic carbocycles. The summed E-state index contributed by atoms with van der Waals surface area (Å²) >= 11 is 0. The minimum absolute atomic E-state index is 0.0251. The molecule has 0 unspecified atom stereocenters. The van der Waals surface area contributed by atoms with Gasteiger partial charge in [-0.15, -0.1) is 0 Å². The van der Waals surface area contributed by atoms with Gasteiger partial charge in [0, 0.05) is 24.8 Å². The van der Waals surface area contributed by atoms with Crippen LogP contribution >= 0.6 is 0 Å². The Morgan fingerprint density at radius 3 is 2.83 bits per heavy atom. The normalized spacial score (nSPS) is 18.7. The molecule has 1 atom stereocenters. The number of aryl methyl sites for hydroxylation is 3. The molecule has 24 heavy (non-hydrogen) atoms. The number of amides is 1. The summed E-state index contributed by atoms with van der Waals surface area (Å²) in [4.78, 5) is 14.2. The first-order valence-corrected chi connectivity index (χ1v) is 8.08. The van der Waals surface area contributed by atoms with Crippen LogP contribution in [0.5, 0.6) is 0 Å². The lowest BCUT2D eigenvalue weighted by molar-refractivity contribution is -0.119. The van der Waals surface area contributed by atoms with Crippen molar-refractivity contribution in [1.82, 2.24) is 19.8 Å². The maximum absolute atomic E-state index is 12.1. The number of morpholine rings is 1. The SMILES string of the molecule is Cc1cc(NC(=O)CN2CCO[C@H](Cn3nc(C)cc3C)C2)on1. The Morgan fingerprint density at radius 1 is 1.33 bits per heavy atom. The molecular weight excluding hydrogens is 310 g/mol. The van der Waals surface area contributed by atoms with E-state index in [-0.39, 0.29) is 12.0 Å². The highest BCUT2D eigenvalue weighted by Gasteiger charge is 2.23. The Labute approximate surface area is 140 Å². The largest absolute Gasteiger partial charge is 0.374 e. The highest BCUT2D eigenvalue weighted by atomic mass is 16.5. The van der Waals surface area contributed by atoms with Crippen LogP contribution in [0.15, 0.2) is 16.7 Å². The zero-order valence-electron chi connectivity index (χ0n) is 14.3. The lowest BCUT2D eigenvalue weighted by Gasteiger charge is -2.32. The van der Waals surface area contributed by atoms with Gasteiger partial charge in [-0.3, -0.25) is 19.7 Å². The second kappa shape index (κ2) is 7.14. The summed E-state index contributed by atoms with van der Waals surface area (Å²) in [6.45, 7) is 8.86. The van der Waals surface area contributed by atoms with E-state index in [1.807, 2.05) is 31.5 Å². The Hall–Kier alpha value is -2.19. The molecule has 3 heterocycles. The molecule has 1 saturated heterocycles. The van der Waals surface area contributed by atoms with Crippen molar-refractivity contribution in [3.63, 3.8) is 0 Å². The number of hydrogen-bond donors (Lipinski definition) is 1. The molecule has 0 bridgehead atoms. The van der Waals surface area contributed by atoms with E-state index in [2.05, 4.69) is 20.5 Å². The molecule has 1 aliphatic heterocycles. The topological polar surface area (TPSA) is 85.4 Å². The van der Waals surface area contributed by atoms with Crippen LogP contribution in [-0.4, -0.2) is 58.1 Å². The second-order valence-corrected chi connectivity index (χ2v) is 6.22. The lowest BCUT2D eigenvalue weighted by Crippen LogP contribution is -2.47. The predicted octanol–water partition coefficient (Wildman–Crippen LogP) is 1.14. The van der Waals surface area contributed by atoms with Crippen LogP contribution in [0.25, 0.3) is 0 Å². The van der Waals surface area contributed by atoms with E-state index in [9.17, 15) is 4.79 Å². The predicted molar refractivity (Wildman–Crippen MR) is 87.8 cm³/mol. The molecular formula is C16H23N5O3.